The van der Waals surface area contributed by atoms with Crippen molar-refractivity contribution in [3.8, 4) is 0 Å². The van der Waals surface area contributed by atoms with Gasteiger partial charge in [-0.15, -0.1) is 0 Å². The third-order valence-corrected chi connectivity index (χ3v) is 3.77. The van der Waals surface area contributed by atoms with Crippen LogP contribution in [-0.2, 0) is 16.1 Å². The van der Waals surface area contributed by atoms with E-state index in [9.17, 15) is 14.4 Å². The maximum atomic E-state index is 12.4. The van der Waals surface area contributed by atoms with Gasteiger partial charge in [0.25, 0.3) is 11.5 Å². The van der Waals surface area contributed by atoms with Crippen molar-refractivity contribution in [3.63, 3.8) is 0 Å². The first-order valence-electron chi connectivity index (χ1n) is 8.06. The van der Waals surface area contributed by atoms with Gasteiger partial charge in [0, 0.05) is 18.0 Å². The lowest BCUT2D eigenvalue weighted by molar-refractivity contribution is -0.124. The van der Waals surface area contributed by atoms with E-state index in [4.69, 9.17) is 4.74 Å². The molecule has 0 unspecified atom stereocenters. The zero-order chi connectivity index (χ0) is 17.1. The van der Waals surface area contributed by atoms with E-state index in [1.165, 1.54) is 4.68 Å². The standard InChI is InChI=1S/C17H19N3O4/c1-2-9-20-16(22)13-6-4-3-5-12(13)15(19-20)17(23)24-10-14(21)18-11-7-8-11/h3-6,11H,2,7-10H2,1H3,(H,18,21). The van der Waals surface area contributed by atoms with Crippen molar-refractivity contribution in [2.45, 2.75) is 38.8 Å². The van der Waals surface area contributed by atoms with Crippen molar-refractivity contribution in [3.05, 3.63) is 40.3 Å². The highest BCUT2D eigenvalue weighted by Crippen LogP contribution is 2.18. The predicted molar refractivity (Wildman–Crippen MR) is 87.7 cm³/mol. The summed E-state index contributed by atoms with van der Waals surface area (Å²) in [5.74, 6) is -1.03. The molecular formula is C17H19N3O4. The molecule has 2 aromatic rings. The minimum absolute atomic E-state index is 0.0536. The summed E-state index contributed by atoms with van der Waals surface area (Å²) in [6.45, 7) is 1.98. The molecule has 0 bridgehead atoms. The van der Waals surface area contributed by atoms with E-state index in [0.717, 1.165) is 12.8 Å². The van der Waals surface area contributed by atoms with Crippen LogP contribution in [0.2, 0.25) is 0 Å². The number of nitrogens with zero attached hydrogens (tertiary/aromatic N) is 2. The summed E-state index contributed by atoms with van der Waals surface area (Å²) >= 11 is 0. The highest BCUT2D eigenvalue weighted by atomic mass is 16.5. The van der Waals surface area contributed by atoms with Gasteiger partial charge in [0.15, 0.2) is 12.3 Å². The third kappa shape index (κ3) is 3.45. The van der Waals surface area contributed by atoms with Gasteiger partial charge in [-0.2, -0.15) is 5.10 Å². The second kappa shape index (κ2) is 6.82. The third-order valence-electron chi connectivity index (χ3n) is 3.77. The number of nitrogens with one attached hydrogen (secondary N) is 1. The Morgan fingerprint density at radius 3 is 2.67 bits per heavy atom. The number of hydrogen-bond donors (Lipinski definition) is 1. The minimum Gasteiger partial charge on any atom is -0.451 e. The van der Waals surface area contributed by atoms with Crippen LogP contribution in [0.4, 0.5) is 0 Å². The molecule has 0 atom stereocenters. The highest BCUT2D eigenvalue weighted by molar-refractivity contribution is 6.02. The van der Waals surface area contributed by atoms with Gasteiger partial charge in [0.1, 0.15) is 0 Å². The number of rotatable bonds is 6. The number of carbonyl (C=O) groups excluding carboxylic acids is 2. The fourth-order valence-corrected chi connectivity index (χ4v) is 2.45. The number of benzene rings is 1. The number of hydrogen-bond acceptors (Lipinski definition) is 5. The average molecular weight is 329 g/mol. The van der Waals surface area contributed by atoms with Crippen molar-refractivity contribution in [2.75, 3.05) is 6.61 Å². The number of aromatic nitrogens is 2. The van der Waals surface area contributed by atoms with Crippen LogP contribution < -0.4 is 10.9 Å². The van der Waals surface area contributed by atoms with Gasteiger partial charge in [-0.25, -0.2) is 9.48 Å². The molecule has 7 nitrogen and oxygen atoms in total. The van der Waals surface area contributed by atoms with E-state index in [-0.39, 0.29) is 29.8 Å². The molecular weight excluding hydrogens is 310 g/mol. The molecule has 0 aliphatic heterocycles. The summed E-state index contributed by atoms with van der Waals surface area (Å²) in [5.41, 5.74) is -0.187. The number of amides is 1. The SMILES string of the molecule is CCCn1nc(C(=O)OCC(=O)NC2CC2)c2ccccc2c1=O. The largest absolute Gasteiger partial charge is 0.451 e. The van der Waals surface area contributed by atoms with Gasteiger partial charge in [0.05, 0.1) is 5.39 Å². The van der Waals surface area contributed by atoms with E-state index in [1.807, 2.05) is 6.92 Å². The molecule has 0 saturated heterocycles. The van der Waals surface area contributed by atoms with Crippen molar-refractivity contribution < 1.29 is 14.3 Å². The molecule has 1 saturated carbocycles. The van der Waals surface area contributed by atoms with Gasteiger partial charge in [-0.05, 0) is 25.3 Å². The highest BCUT2D eigenvalue weighted by Gasteiger charge is 2.24. The Hall–Kier alpha value is -2.70. The zero-order valence-electron chi connectivity index (χ0n) is 13.4. The van der Waals surface area contributed by atoms with Crippen LogP contribution in [0.15, 0.2) is 29.1 Å². The molecule has 126 valence electrons. The Morgan fingerprint density at radius 1 is 1.29 bits per heavy atom. The van der Waals surface area contributed by atoms with Crippen LogP contribution in [0.3, 0.4) is 0 Å². The van der Waals surface area contributed by atoms with Crippen LogP contribution in [0.1, 0.15) is 36.7 Å². The van der Waals surface area contributed by atoms with Gasteiger partial charge >= 0.3 is 5.97 Å². The zero-order valence-corrected chi connectivity index (χ0v) is 13.4. The predicted octanol–water partition coefficient (Wildman–Crippen LogP) is 1.24. The smallest absolute Gasteiger partial charge is 0.359 e. The van der Waals surface area contributed by atoms with Gasteiger partial charge in [-0.3, -0.25) is 9.59 Å². The Bertz CT molecular complexity index is 839. The number of fused-ring (bicyclic) bond motifs is 1. The van der Waals surface area contributed by atoms with E-state index in [1.54, 1.807) is 24.3 Å². The van der Waals surface area contributed by atoms with Crippen molar-refractivity contribution >= 4 is 22.6 Å². The second-order valence-electron chi connectivity index (χ2n) is 5.84. The quantitative estimate of drug-likeness (QED) is 0.805. The van der Waals surface area contributed by atoms with E-state index >= 15 is 0 Å². The van der Waals surface area contributed by atoms with Gasteiger partial charge in [0.2, 0.25) is 0 Å². The summed E-state index contributed by atoms with van der Waals surface area (Å²) in [6.07, 6.45) is 2.64. The summed E-state index contributed by atoms with van der Waals surface area (Å²) in [5, 5.41) is 7.73. The van der Waals surface area contributed by atoms with Crippen molar-refractivity contribution in [1.82, 2.24) is 15.1 Å². The molecule has 1 heterocycles. The van der Waals surface area contributed by atoms with Gasteiger partial charge < -0.3 is 10.1 Å². The molecule has 1 N–H and O–H groups in total. The van der Waals surface area contributed by atoms with Crippen LogP contribution in [-0.4, -0.2) is 34.3 Å². The number of esters is 1. The Morgan fingerprint density at radius 2 is 2.00 bits per heavy atom. The molecule has 7 heteroatoms. The topological polar surface area (TPSA) is 90.3 Å². The van der Waals surface area contributed by atoms with E-state index in [0.29, 0.717) is 23.7 Å². The Balaban J connectivity index is 1.86. The summed E-state index contributed by atoms with van der Waals surface area (Å²) in [7, 11) is 0. The van der Waals surface area contributed by atoms with Crippen LogP contribution >= 0.6 is 0 Å². The molecule has 1 aliphatic carbocycles. The summed E-state index contributed by atoms with van der Waals surface area (Å²) < 4.78 is 6.34. The first-order valence-corrected chi connectivity index (χ1v) is 8.06. The lowest BCUT2D eigenvalue weighted by Gasteiger charge is -2.10. The second-order valence-corrected chi connectivity index (χ2v) is 5.84. The Labute approximate surface area is 138 Å². The molecule has 3 rings (SSSR count). The van der Waals surface area contributed by atoms with Gasteiger partial charge in [-0.1, -0.05) is 25.1 Å². The fraction of sp³-hybridized carbons (Fsp3) is 0.412. The molecule has 24 heavy (non-hydrogen) atoms. The van der Waals surface area contributed by atoms with Crippen LogP contribution in [0.25, 0.3) is 10.8 Å². The molecule has 1 aromatic carbocycles. The van der Waals surface area contributed by atoms with Crippen molar-refractivity contribution in [2.24, 2.45) is 0 Å². The normalized spacial score (nSPS) is 13.7. The number of aryl methyl sites for hydroxylation is 1. The number of ether oxygens (including phenoxy) is 1. The van der Waals surface area contributed by atoms with E-state index in [2.05, 4.69) is 10.4 Å². The molecule has 1 aliphatic rings. The summed E-state index contributed by atoms with van der Waals surface area (Å²) in [6, 6.07) is 6.98. The number of carbonyl (C=O) groups is 2. The van der Waals surface area contributed by atoms with Crippen LogP contribution in [0.5, 0.6) is 0 Å². The molecule has 1 amide bonds. The first kappa shape index (κ1) is 16.2. The lowest BCUT2D eigenvalue weighted by Crippen LogP contribution is -2.31. The lowest BCUT2D eigenvalue weighted by atomic mass is 10.1. The fourth-order valence-electron chi connectivity index (χ4n) is 2.45. The first-order chi connectivity index (χ1) is 11.6. The van der Waals surface area contributed by atoms with Crippen molar-refractivity contribution in [1.29, 1.82) is 0 Å². The maximum absolute atomic E-state index is 12.4. The van der Waals surface area contributed by atoms with Crippen LogP contribution in [0, 0.1) is 0 Å². The average Bonchev–Trinajstić information content (AvgIpc) is 3.39. The molecule has 0 radical (unpaired) electrons. The maximum Gasteiger partial charge on any atom is 0.359 e. The summed E-state index contributed by atoms with van der Waals surface area (Å²) in [4.78, 5) is 36.4. The molecule has 1 fully saturated rings. The van der Waals surface area contributed by atoms with E-state index < -0.39 is 5.97 Å². The molecule has 1 aromatic heterocycles. The molecule has 0 spiro atoms. The minimum atomic E-state index is -0.706. The Kier molecular flexibility index (Phi) is 4.59. The monoisotopic (exact) mass is 329 g/mol.